The van der Waals surface area contributed by atoms with Gasteiger partial charge in [0.05, 0.1) is 18.3 Å². The number of aromatic nitrogens is 2. The van der Waals surface area contributed by atoms with Gasteiger partial charge in [0, 0.05) is 17.1 Å². The van der Waals surface area contributed by atoms with E-state index in [0.717, 1.165) is 22.5 Å². The molecule has 4 heteroatoms. The van der Waals surface area contributed by atoms with Crippen LogP contribution in [0.1, 0.15) is 16.1 Å². The van der Waals surface area contributed by atoms with Crippen LogP contribution in [0.25, 0.3) is 16.7 Å². The van der Waals surface area contributed by atoms with Gasteiger partial charge in [-0.3, -0.25) is 9.36 Å². The lowest BCUT2D eigenvalue weighted by Gasteiger charge is -2.09. The Morgan fingerprint density at radius 1 is 0.960 bits per heavy atom. The molecule has 122 valence electrons. The summed E-state index contributed by atoms with van der Waals surface area (Å²) in [6.07, 6.45) is 1.73. The van der Waals surface area contributed by atoms with Crippen LogP contribution in [0.2, 0.25) is 0 Å². The zero-order chi connectivity index (χ0) is 17.2. The Kier molecular flexibility index (Phi) is 3.78. The molecule has 25 heavy (non-hydrogen) atoms. The first-order valence-electron chi connectivity index (χ1n) is 7.98. The van der Waals surface area contributed by atoms with E-state index in [0.29, 0.717) is 11.3 Å². The fourth-order valence-corrected chi connectivity index (χ4v) is 2.95. The zero-order valence-electron chi connectivity index (χ0n) is 13.7. The van der Waals surface area contributed by atoms with Crippen molar-refractivity contribution in [2.24, 2.45) is 0 Å². The fourth-order valence-electron chi connectivity index (χ4n) is 2.95. The minimum Gasteiger partial charge on any atom is -0.497 e. The average Bonchev–Trinajstić information content (AvgIpc) is 3.07. The molecule has 0 saturated carbocycles. The van der Waals surface area contributed by atoms with E-state index in [1.165, 1.54) is 0 Å². The standard InChI is InChI=1S/C21H16N2O2/c1-25-17-11-9-15(10-12-17)21(24)19-14-16-6-2-3-7-18(16)23(19)20-8-4-5-13-22-20/h2-14H,1H3. The quantitative estimate of drug-likeness (QED) is 0.526. The molecule has 0 atom stereocenters. The molecule has 0 bridgehead atoms. The highest BCUT2D eigenvalue weighted by atomic mass is 16.5. The zero-order valence-corrected chi connectivity index (χ0v) is 13.7. The highest BCUT2D eigenvalue weighted by Crippen LogP contribution is 2.25. The molecule has 0 aliphatic rings. The summed E-state index contributed by atoms with van der Waals surface area (Å²) in [7, 11) is 1.61. The first-order valence-corrected chi connectivity index (χ1v) is 7.98. The number of benzene rings is 2. The Hall–Kier alpha value is -3.40. The second kappa shape index (κ2) is 6.24. The molecule has 2 aromatic carbocycles. The predicted octanol–water partition coefficient (Wildman–Crippen LogP) is 4.27. The van der Waals surface area contributed by atoms with Gasteiger partial charge in [0.25, 0.3) is 0 Å². The molecule has 4 rings (SSSR count). The van der Waals surface area contributed by atoms with Gasteiger partial charge in [-0.1, -0.05) is 24.3 Å². The number of ketones is 1. The van der Waals surface area contributed by atoms with Crippen molar-refractivity contribution in [3.63, 3.8) is 0 Å². The summed E-state index contributed by atoms with van der Waals surface area (Å²) in [5, 5.41) is 1.00. The van der Waals surface area contributed by atoms with Crippen LogP contribution < -0.4 is 4.74 Å². The fraction of sp³-hybridized carbons (Fsp3) is 0.0476. The maximum atomic E-state index is 13.1. The van der Waals surface area contributed by atoms with Crippen molar-refractivity contribution in [1.29, 1.82) is 0 Å². The second-order valence-corrected chi connectivity index (χ2v) is 5.67. The maximum absolute atomic E-state index is 13.1. The predicted molar refractivity (Wildman–Crippen MR) is 97.5 cm³/mol. The molecule has 0 fully saturated rings. The molecule has 0 saturated heterocycles. The Balaban J connectivity index is 1.90. The van der Waals surface area contributed by atoms with Crippen molar-refractivity contribution >= 4 is 16.7 Å². The largest absolute Gasteiger partial charge is 0.497 e. The summed E-state index contributed by atoms with van der Waals surface area (Å²) >= 11 is 0. The summed E-state index contributed by atoms with van der Waals surface area (Å²) in [4.78, 5) is 17.5. The number of carbonyl (C=O) groups is 1. The average molecular weight is 328 g/mol. The minimum absolute atomic E-state index is 0.0514. The summed E-state index contributed by atoms with van der Waals surface area (Å²) in [5.74, 6) is 1.40. The van der Waals surface area contributed by atoms with E-state index in [1.807, 2.05) is 53.1 Å². The van der Waals surface area contributed by atoms with Crippen LogP contribution in [0.3, 0.4) is 0 Å². The van der Waals surface area contributed by atoms with E-state index in [1.54, 1.807) is 37.6 Å². The van der Waals surface area contributed by atoms with Crippen LogP contribution in [0.5, 0.6) is 5.75 Å². The first-order chi connectivity index (χ1) is 12.3. The molecule has 0 radical (unpaired) electrons. The molecule has 4 aromatic rings. The number of hydrogen-bond acceptors (Lipinski definition) is 3. The molecule has 0 aliphatic heterocycles. The van der Waals surface area contributed by atoms with Gasteiger partial charge in [0.2, 0.25) is 5.78 Å². The molecule has 0 N–H and O–H groups in total. The Bertz CT molecular complexity index is 1030. The molecular formula is C21H16N2O2. The van der Waals surface area contributed by atoms with Crippen LogP contribution in [-0.2, 0) is 0 Å². The van der Waals surface area contributed by atoms with E-state index in [-0.39, 0.29) is 5.78 Å². The lowest BCUT2D eigenvalue weighted by molar-refractivity contribution is 0.103. The number of nitrogens with zero attached hydrogens (tertiary/aromatic N) is 2. The summed E-state index contributed by atoms with van der Waals surface area (Å²) < 4.78 is 7.07. The minimum atomic E-state index is -0.0514. The number of carbonyl (C=O) groups excluding carboxylic acids is 1. The summed E-state index contributed by atoms with van der Waals surface area (Å²) in [6.45, 7) is 0. The Morgan fingerprint density at radius 2 is 1.72 bits per heavy atom. The van der Waals surface area contributed by atoms with Crippen LogP contribution in [0, 0.1) is 0 Å². The van der Waals surface area contributed by atoms with Gasteiger partial charge in [0.1, 0.15) is 11.6 Å². The Labute approximate surface area is 145 Å². The molecular weight excluding hydrogens is 312 g/mol. The normalized spacial score (nSPS) is 10.8. The molecule has 4 nitrogen and oxygen atoms in total. The van der Waals surface area contributed by atoms with Crippen molar-refractivity contribution in [3.05, 3.63) is 90.3 Å². The van der Waals surface area contributed by atoms with Crippen molar-refractivity contribution in [3.8, 4) is 11.6 Å². The van der Waals surface area contributed by atoms with Crippen molar-refractivity contribution in [2.45, 2.75) is 0 Å². The number of ether oxygens (including phenoxy) is 1. The van der Waals surface area contributed by atoms with E-state index in [2.05, 4.69) is 4.98 Å². The van der Waals surface area contributed by atoms with Gasteiger partial charge >= 0.3 is 0 Å². The highest BCUT2D eigenvalue weighted by Gasteiger charge is 2.18. The van der Waals surface area contributed by atoms with Crippen molar-refractivity contribution in [2.75, 3.05) is 7.11 Å². The molecule has 0 spiro atoms. The number of rotatable bonds is 4. The van der Waals surface area contributed by atoms with Crippen LogP contribution >= 0.6 is 0 Å². The van der Waals surface area contributed by atoms with Crippen molar-refractivity contribution < 1.29 is 9.53 Å². The number of pyridine rings is 1. The first kappa shape index (κ1) is 15.1. The van der Waals surface area contributed by atoms with Gasteiger partial charge in [-0.15, -0.1) is 0 Å². The number of methoxy groups -OCH3 is 1. The second-order valence-electron chi connectivity index (χ2n) is 5.67. The SMILES string of the molecule is COc1ccc(C(=O)c2cc3ccccc3n2-c2ccccn2)cc1. The van der Waals surface area contributed by atoms with E-state index in [9.17, 15) is 4.79 Å². The van der Waals surface area contributed by atoms with Gasteiger partial charge in [-0.2, -0.15) is 0 Å². The third-order valence-corrected chi connectivity index (χ3v) is 4.17. The van der Waals surface area contributed by atoms with Crippen LogP contribution in [0.15, 0.2) is 79.0 Å². The number of hydrogen-bond donors (Lipinski definition) is 0. The highest BCUT2D eigenvalue weighted by molar-refractivity contribution is 6.11. The molecule has 2 heterocycles. The van der Waals surface area contributed by atoms with Gasteiger partial charge in [-0.05, 0) is 48.5 Å². The summed E-state index contributed by atoms with van der Waals surface area (Å²) in [6, 6.07) is 22.7. The lowest BCUT2D eigenvalue weighted by Crippen LogP contribution is -2.09. The molecule has 0 aliphatic carbocycles. The Morgan fingerprint density at radius 3 is 2.44 bits per heavy atom. The lowest BCUT2D eigenvalue weighted by atomic mass is 10.1. The van der Waals surface area contributed by atoms with E-state index < -0.39 is 0 Å². The van der Waals surface area contributed by atoms with E-state index in [4.69, 9.17) is 4.74 Å². The van der Waals surface area contributed by atoms with E-state index >= 15 is 0 Å². The smallest absolute Gasteiger partial charge is 0.209 e. The molecule has 0 unspecified atom stereocenters. The van der Waals surface area contributed by atoms with Crippen LogP contribution in [0.4, 0.5) is 0 Å². The number of fused-ring (bicyclic) bond motifs is 1. The molecule has 2 aromatic heterocycles. The number of para-hydroxylation sites is 1. The summed E-state index contributed by atoms with van der Waals surface area (Å²) in [5.41, 5.74) is 2.16. The van der Waals surface area contributed by atoms with Crippen LogP contribution in [-0.4, -0.2) is 22.4 Å². The van der Waals surface area contributed by atoms with Gasteiger partial charge < -0.3 is 4.74 Å². The third-order valence-electron chi connectivity index (χ3n) is 4.17. The van der Waals surface area contributed by atoms with Gasteiger partial charge in [0.15, 0.2) is 0 Å². The topological polar surface area (TPSA) is 44.1 Å². The van der Waals surface area contributed by atoms with Gasteiger partial charge in [-0.25, -0.2) is 4.98 Å². The molecule has 0 amide bonds. The monoisotopic (exact) mass is 328 g/mol. The third kappa shape index (κ3) is 2.68. The maximum Gasteiger partial charge on any atom is 0.209 e. The van der Waals surface area contributed by atoms with Crippen molar-refractivity contribution in [1.82, 2.24) is 9.55 Å².